The molecule has 0 saturated carbocycles. The number of rotatable bonds is 11. The van der Waals surface area contributed by atoms with Gasteiger partial charge in [0.2, 0.25) is 15.9 Å². The minimum Gasteiger partial charge on any atom is -0.371 e. The van der Waals surface area contributed by atoms with Crippen molar-refractivity contribution in [1.82, 2.24) is 34.8 Å². The maximum atomic E-state index is 15.5. The van der Waals surface area contributed by atoms with Crippen molar-refractivity contribution in [3.05, 3.63) is 116 Å². The smallest absolute Gasteiger partial charge is 0.292 e. The third kappa shape index (κ3) is 8.06. The van der Waals surface area contributed by atoms with E-state index in [9.17, 15) is 35.6 Å². The van der Waals surface area contributed by atoms with Gasteiger partial charge in [-0.3, -0.25) is 28.7 Å². The number of fused-ring (bicyclic) bond motifs is 3. The van der Waals surface area contributed by atoms with E-state index in [1.807, 2.05) is 19.9 Å². The number of aromatic nitrogens is 6. The molecule has 4 unspecified atom stereocenters. The van der Waals surface area contributed by atoms with Gasteiger partial charge < -0.3 is 10.1 Å². The maximum Gasteiger partial charge on any atom is 0.292 e. The summed E-state index contributed by atoms with van der Waals surface area (Å²) in [6.45, 7) is 3.99. The highest BCUT2D eigenvalue weighted by atomic mass is 35.5. The van der Waals surface area contributed by atoms with Gasteiger partial charge in [-0.15, -0.1) is 0 Å². The fraction of sp³-hybridized carbons (Fsp3) is 0.341. The van der Waals surface area contributed by atoms with E-state index in [2.05, 4.69) is 25.3 Å². The molecule has 2 aliphatic rings. The molecule has 3 N–H and O–H groups in total. The summed E-state index contributed by atoms with van der Waals surface area (Å²) in [6, 6.07) is 8.80. The number of ether oxygens (including phenoxy) is 1. The van der Waals surface area contributed by atoms with E-state index in [1.165, 1.54) is 19.1 Å². The molecule has 62 heavy (non-hydrogen) atoms. The average molecular weight is 903 g/mol. The van der Waals surface area contributed by atoms with Gasteiger partial charge >= 0.3 is 0 Å². The van der Waals surface area contributed by atoms with Crippen molar-refractivity contribution in [1.29, 1.82) is 0 Å². The normalized spacial score (nSPS) is 19.2. The molecule has 0 saturated heterocycles. The van der Waals surface area contributed by atoms with Crippen LogP contribution < -0.4 is 15.6 Å². The number of carbonyl (C=O) groups excluding carboxylic acids is 1. The summed E-state index contributed by atoms with van der Waals surface area (Å²) >= 11 is 6.57. The summed E-state index contributed by atoms with van der Waals surface area (Å²) in [7, 11) is -3.90. The molecule has 4 atom stereocenters. The van der Waals surface area contributed by atoms with E-state index < -0.39 is 88.2 Å². The van der Waals surface area contributed by atoms with Crippen molar-refractivity contribution < 1.29 is 44.3 Å². The summed E-state index contributed by atoms with van der Waals surface area (Å²) in [4.78, 5) is 34.0. The third-order valence-electron chi connectivity index (χ3n) is 10.9. The highest BCUT2D eigenvalue weighted by molar-refractivity contribution is 7.92. The number of H-pyrrole nitrogens is 1. The fourth-order valence-corrected chi connectivity index (χ4v) is 9.06. The second kappa shape index (κ2) is 15.9. The molecule has 1 aliphatic carbocycles. The number of sulfonamides is 1. The van der Waals surface area contributed by atoms with Gasteiger partial charge in [0.05, 0.1) is 57.0 Å². The van der Waals surface area contributed by atoms with Gasteiger partial charge in [-0.25, -0.2) is 31.0 Å². The summed E-state index contributed by atoms with van der Waals surface area (Å²) in [6.07, 6.45) is -1.11. The van der Waals surface area contributed by atoms with Gasteiger partial charge in [0.1, 0.15) is 35.4 Å². The van der Waals surface area contributed by atoms with Crippen molar-refractivity contribution in [2.24, 2.45) is 5.92 Å². The van der Waals surface area contributed by atoms with Gasteiger partial charge in [0, 0.05) is 24.0 Å². The predicted octanol–water partition coefficient (Wildman–Crippen LogP) is 7.66. The number of hydrogen-bond donors (Lipinski definition) is 3. The Kier molecular flexibility index (Phi) is 11.0. The minimum absolute atomic E-state index is 0.00325. The van der Waals surface area contributed by atoms with E-state index in [4.69, 9.17) is 21.3 Å². The zero-order valence-electron chi connectivity index (χ0n) is 33.2. The number of benzene rings is 3. The van der Waals surface area contributed by atoms with Crippen molar-refractivity contribution in [2.75, 3.05) is 11.0 Å². The first-order valence-corrected chi connectivity index (χ1v) is 21.5. The van der Waals surface area contributed by atoms with E-state index >= 15 is 8.78 Å². The van der Waals surface area contributed by atoms with Crippen molar-refractivity contribution in [3.8, 4) is 5.69 Å². The largest absolute Gasteiger partial charge is 0.371 e. The minimum atomic E-state index is -3.90. The second-order valence-corrected chi connectivity index (χ2v) is 17.8. The van der Waals surface area contributed by atoms with Crippen LogP contribution in [0, 0.1) is 17.6 Å². The van der Waals surface area contributed by atoms with Crippen LogP contribution in [0.15, 0.2) is 59.4 Å². The van der Waals surface area contributed by atoms with Crippen molar-refractivity contribution in [2.45, 2.75) is 77.2 Å². The first kappa shape index (κ1) is 42.9. The van der Waals surface area contributed by atoms with Gasteiger partial charge in [-0.05, 0) is 79.8 Å². The lowest BCUT2D eigenvalue weighted by Gasteiger charge is -2.26. The lowest BCUT2D eigenvalue weighted by atomic mass is 9.95. The highest BCUT2D eigenvalue weighted by Gasteiger charge is 2.51. The van der Waals surface area contributed by atoms with E-state index in [0.717, 1.165) is 28.5 Å². The first-order valence-electron chi connectivity index (χ1n) is 19.3. The molecule has 3 aromatic carbocycles. The lowest BCUT2D eigenvalue weighted by Crippen LogP contribution is -2.38. The number of anilines is 1. The van der Waals surface area contributed by atoms with Crippen molar-refractivity contribution in [3.63, 3.8) is 0 Å². The fourth-order valence-electron chi connectivity index (χ4n) is 8.31. The summed E-state index contributed by atoms with van der Waals surface area (Å²) in [5.41, 5.74) is -1.08. The van der Waals surface area contributed by atoms with Crippen LogP contribution in [0.4, 0.5) is 32.2 Å². The number of aromatic amines is 1. The number of carbonyl (C=O) groups is 1. The Morgan fingerprint density at radius 1 is 1.06 bits per heavy atom. The molecule has 0 bridgehead atoms. The Bertz CT molecular complexity index is 2990. The quantitative estimate of drug-likeness (QED) is 0.112. The maximum absolute atomic E-state index is 15.5. The monoisotopic (exact) mass is 902 g/mol. The zero-order chi connectivity index (χ0) is 44.6. The number of nitrogens with zero attached hydrogens (tertiary/aromatic N) is 5. The Labute approximate surface area is 354 Å². The number of halogens is 7. The molecule has 13 nitrogen and oxygen atoms in total. The molecule has 3 aromatic heterocycles. The topological polar surface area (TPSA) is 166 Å². The van der Waals surface area contributed by atoms with Crippen LogP contribution in [0.2, 0.25) is 5.02 Å². The SMILES string of the molecule is CC1C=C(c2ccc3c(=O)n(-c4ccc(Cl)c5c(NS(C)(=O)=O)n[nH]c45)c(C(Cc4cc(F)cc(F)c4)NC(=O)Cn4nc(C(F)F)c5c4C(F)(F)C(C)C5)nc3c2)CC(C)O1. The van der Waals surface area contributed by atoms with Crippen LogP contribution in [0.3, 0.4) is 0 Å². The van der Waals surface area contributed by atoms with Crippen LogP contribution in [0.25, 0.3) is 33.1 Å². The Hall–Kier alpha value is -5.73. The molecule has 0 fully saturated rings. The average Bonchev–Trinajstić information content (AvgIpc) is 3.82. The van der Waals surface area contributed by atoms with Crippen LogP contribution in [-0.4, -0.2) is 62.3 Å². The van der Waals surface area contributed by atoms with E-state index in [-0.39, 0.29) is 67.5 Å². The second-order valence-electron chi connectivity index (χ2n) is 15.7. The molecule has 21 heteroatoms. The molecular weight excluding hydrogens is 866 g/mol. The standard InChI is InChI=1S/C41H37ClF6N8O5S/c1-18-9-27-34(37(45)46)53-55(36(27)41(18,47)48)17-32(57)49-30(14-21-12-24(43)16-25(44)13-21)39-50-29-15-22(23-10-19(2)61-20(3)11-23)5-6-26(29)40(58)56(39)31-8-7-28(42)33-35(31)51-52-38(33)54-62(4,59)60/h5-8,10,12-13,15-16,18-20,30,37H,9,11,14,17H2,1-4H3,(H,49,57)(H2,51,52,54). The molecule has 0 radical (unpaired) electrons. The van der Waals surface area contributed by atoms with Crippen LogP contribution in [0.1, 0.15) is 73.6 Å². The molecule has 8 rings (SSSR count). The van der Waals surface area contributed by atoms with Gasteiger partial charge in [-0.1, -0.05) is 30.7 Å². The molecule has 0 spiro atoms. The lowest BCUT2D eigenvalue weighted by molar-refractivity contribution is -0.123. The highest BCUT2D eigenvalue weighted by Crippen LogP contribution is 2.48. The molecular formula is C41H37ClF6N8O5S. The number of alkyl halides is 4. The van der Waals surface area contributed by atoms with Crippen molar-refractivity contribution >= 4 is 60.7 Å². The predicted molar refractivity (Wildman–Crippen MR) is 218 cm³/mol. The van der Waals surface area contributed by atoms with Crippen LogP contribution in [0.5, 0.6) is 0 Å². The van der Waals surface area contributed by atoms with Gasteiger partial charge in [-0.2, -0.15) is 19.0 Å². The summed E-state index contributed by atoms with van der Waals surface area (Å²) in [5, 5.41) is 13.3. The Morgan fingerprint density at radius 2 is 1.79 bits per heavy atom. The number of amides is 1. The van der Waals surface area contributed by atoms with Gasteiger partial charge in [0.15, 0.2) is 5.82 Å². The Balaban J connectivity index is 1.34. The molecule has 1 amide bonds. The first-order chi connectivity index (χ1) is 29.2. The summed E-state index contributed by atoms with van der Waals surface area (Å²) < 4.78 is 123. The molecule has 4 heterocycles. The molecule has 326 valence electrons. The number of nitrogens with one attached hydrogen (secondary N) is 3. The molecule has 1 aliphatic heterocycles. The molecule has 6 aromatic rings. The zero-order valence-corrected chi connectivity index (χ0v) is 34.8. The van der Waals surface area contributed by atoms with E-state index in [0.29, 0.717) is 22.7 Å². The Morgan fingerprint density at radius 3 is 2.47 bits per heavy atom. The van der Waals surface area contributed by atoms with E-state index in [1.54, 1.807) is 18.2 Å². The summed E-state index contributed by atoms with van der Waals surface area (Å²) in [5.74, 6) is -8.44. The van der Waals surface area contributed by atoms with Gasteiger partial charge in [0.25, 0.3) is 17.9 Å². The number of hydrogen-bond acceptors (Lipinski definition) is 8. The third-order valence-corrected chi connectivity index (χ3v) is 11.7. The van der Waals surface area contributed by atoms with Crippen LogP contribution in [-0.2, 0) is 44.9 Å². The van der Waals surface area contributed by atoms with Crippen LogP contribution >= 0.6 is 11.6 Å².